The minimum atomic E-state index is -0.213. The lowest BCUT2D eigenvalue weighted by atomic mass is 10.2. The minimum Gasteiger partial charge on any atom is -0.481 e. The highest BCUT2D eigenvalue weighted by Gasteiger charge is 2.11. The molecule has 0 fully saturated rings. The van der Waals surface area contributed by atoms with Crippen molar-refractivity contribution in [3.63, 3.8) is 0 Å². The van der Waals surface area contributed by atoms with E-state index in [2.05, 4.69) is 15.3 Å². The number of amides is 1. The van der Waals surface area contributed by atoms with E-state index in [0.29, 0.717) is 31.1 Å². The molecule has 0 bridgehead atoms. The van der Waals surface area contributed by atoms with E-state index >= 15 is 0 Å². The monoisotopic (exact) mass is 292 g/mol. The van der Waals surface area contributed by atoms with Gasteiger partial charge in [0.05, 0.1) is 12.1 Å². The Morgan fingerprint density at radius 1 is 1.55 bits per heavy atom. The van der Waals surface area contributed by atoms with Crippen LogP contribution in [0.5, 0.6) is 5.88 Å². The molecule has 2 aromatic rings. The van der Waals surface area contributed by atoms with Gasteiger partial charge in [0.15, 0.2) is 0 Å². The van der Waals surface area contributed by atoms with Crippen LogP contribution in [0.4, 0.5) is 0 Å². The fraction of sp³-hybridized carbons (Fsp3) is 0.308. The van der Waals surface area contributed by atoms with Gasteiger partial charge in [-0.15, -0.1) is 11.3 Å². The quantitative estimate of drug-likeness (QED) is 0.828. The summed E-state index contributed by atoms with van der Waals surface area (Å²) in [5.74, 6) is 0.297. The molecule has 2 aromatic heterocycles. The lowest BCUT2D eigenvalue weighted by Gasteiger charge is -2.07. The molecule has 0 atom stereocenters. The van der Waals surface area contributed by atoms with Crippen molar-refractivity contribution in [2.75, 3.05) is 13.7 Å². The SMILES string of the molecule is COc1ncccc1CNC(=O)c1csc(CCN)n1. The molecule has 0 aliphatic rings. The number of ether oxygens (including phenoxy) is 1. The van der Waals surface area contributed by atoms with Crippen molar-refractivity contribution in [3.05, 3.63) is 40.0 Å². The summed E-state index contributed by atoms with van der Waals surface area (Å²) in [5.41, 5.74) is 6.70. The van der Waals surface area contributed by atoms with Gasteiger partial charge in [-0.2, -0.15) is 0 Å². The van der Waals surface area contributed by atoms with Gasteiger partial charge in [0.1, 0.15) is 5.69 Å². The van der Waals surface area contributed by atoms with E-state index in [-0.39, 0.29) is 5.91 Å². The fourth-order valence-corrected chi connectivity index (χ4v) is 2.46. The van der Waals surface area contributed by atoms with Crippen LogP contribution in [-0.4, -0.2) is 29.5 Å². The largest absolute Gasteiger partial charge is 0.481 e. The maximum absolute atomic E-state index is 12.0. The minimum absolute atomic E-state index is 0.213. The third-order valence-corrected chi connectivity index (χ3v) is 3.53. The molecule has 0 aromatic carbocycles. The molecule has 7 heteroatoms. The molecule has 20 heavy (non-hydrogen) atoms. The lowest BCUT2D eigenvalue weighted by molar-refractivity contribution is 0.0946. The van der Waals surface area contributed by atoms with Crippen LogP contribution in [0.25, 0.3) is 0 Å². The summed E-state index contributed by atoms with van der Waals surface area (Å²) in [6.07, 6.45) is 2.33. The predicted molar refractivity (Wildman–Crippen MR) is 76.8 cm³/mol. The van der Waals surface area contributed by atoms with E-state index in [1.807, 2.05) is 6.07 Å². The number of carbonyl (C=O) groups excluding carboxylic acids is 1. The average molecular weight is 292 g/mol. The molecule has 0 unspecified atom stereocenters. The second-order valence-electron chi connectivity index (χ2n) is 4.02. The molecule has 1 amide bonds. The number of carbonyl (C=O) groups is 1. The highest BCUT2D eigenvalue weighted by atomic mass is 32.1. The Labute approximate surface area is 121 Å². The van der Waals surface area contributed by atoms with Crippen molar-refractivity contribution in [2.45, 2.75) is 13.0 Å². The number of rotatable bonds is 6. The smallest absolute Gasteiger partial charge is 0.271 e. The zero-order chi connectivity index (χ0) is 14.4. The van der Waals surface area contributed by atoms with Crippen molar-refractivity contribution < 1.29 is 9.53 Å². The number of nitrogens with zero attached hydrogens (tertiary/aromatic N) is 2. The van der Waals surface area contributed by atoms with E-state index in [1.54, 1.807) is 24.8 Å². The number of pyridine rings is 1. The van der Waals surface area contributed by atoms with Crippen LogP contribution in [0.2, 0.25) is 0 Å². The van der Waals surface area contributed by atoms with E-state index in [0.717, 1.165) is 10.6 Å². The van der Waals surface area contributed by atoms with Gasteiger partial charge in [0, 0.05) is 30.1 Å². The van der Waals surface area contributed by atoms with Gasteiger partial charge in [-0.25, -0.2) is 9.97 Å². The first-order valence-electron chi connectivity index (χ1n) is 6.15. The summed E-state index contributed by atoms with van der Waals surface area (Å²) in [4.78, 5) is 20.3. The van der Waals surface area contributed by atoms with Gasteiger partial charge in [-0.1, -0.05) is 6.07 Å². The Kier molecular flexibility index (Phi) is 5.03. The van der Waals surface area contributed by atoms with Crippen molar-refractivity contribution in [3.8, 4) is 5.88 Å². The Morgan fingerprint density at radius 3 is 3.15 bits per heavy atom. The molecule has 0 aliphatic carbocycles. The first kappa shape index (κ1) is 14.4. The van der Waals surface area contributed by atoms with Crippen LogP contribution in [0.3, 0.4) is 0 Å². The molecule has 2 heterocycles. The van der Waals surface area contributed by atoms with Gasteiger partial charge in [-0.05, 0) is 12.6 Å². The summed E-state index contributed by atoms with van der Waals surface area (Å²) >= 11 is 1.44. The highest BCUT2D eigenvalue weighted by Crippen LogP contribution is 2.14. The van der Waals surface area contributed by atoms with Crippen LogP contribution >= 0.6 is 11.3 Å². The van der Waals surface area contributed by atoms with Gasteiger partial charge >= 0.3 is 0 Å². The molecule has 6 nitrogen and oxygen atoms in total. The second kappa shape index (κ2) is 6.97. The third-order valence-electron chi connectivity index (χ3n) is 2.63. The fourth-order valence-electron chi connectivity index (χ4n) is 1.66. The molecule has 2 rings (SSSR count). The molecule has 0 radical (unpaired) electrons. The first-order chi connectivity index (χ1) is 9.74. The van der Waals surface area contributed by atoms with Crippen LogP contribution in [0.1, 0.15) is 21.1 Å². The second-order valence-corrected chi connectivity index (χ2v) is 4.96. The Morgan fingerprint density at radius 2 is 2.40 bits per heavy atom. The van der Waals surface area contributed by atoms with Crippen LogP contribution < -0.4 is 15.8 Å². The van der Waals surface area contributed by atoms with Gasteiger partial charge < -0.3 is 15.8 Å². The summed E-state index contributed by atoms with van der Waals surface area (Å²) < 4.78 is 5.13. The molecule has 106 valence electrons. The first-order valence-corrected chi connectivity index (χ1v) is 7.03. The van der Waals surface area contributed by atoms with E-state index in [9.17, 15) is 4.79 Å². The van der Waals surface area contributed by atoms with Crippen LogP contribution in [-0.2, 0) is 13.0 Å². The topological polar surface area (TPSA) is 90.1 Å². The maximum Gasteiger partial charge on any atom is 0.271 e. The zero-order valence-corrected chi connectivity index (χ0v) is 11.9. The lowest BCUT2D eigenvalue weighted by Crippen LogP contribution is -2.23. The molecule has 3 N–H and O–H groups in total. The summed E-state index contributed by atoms with van der Waals surface area (Å²) in [6.45, 7) is 0.876. The summed E-state index contributed by atoms with van der Waals surface area (Å²) in [7, 11) is 1.55. The normalized spacial score (nSPS) is 10.3. The summed E-state index contributed by atoms with van der Waals surface area (Å²) in [6, 6.07) is 3.65. The van der Waals surface area contributed by atoms with Crippen molar-refractivity contribution in [1.29, 1.82) is 0 Å². The van der Waals surface area contributed by atoms with Crippen molar-refractivity contribution in [2.24, 2.45) is 5.73 Å². The van der Waals surface area contributed by atoms with Gasteiger partial charge in [0.25, 0.3) is 5.91 Å². The van der Waals surface area contributed by atoms with Crippen molar-refractivity contribution >= 4 is 17.2 Å². The molecule has 0 aliphatic heterocycles. The molecular weight excluding hydrogens is 276 g/mol. The number of hydrogen-bond donors (Lipinski definition) is 2. The van der Waals surface area contributed by atoms with E-state index in [4.69, 9.17) is 10.5 Å². The molecular formula is C13H16N4O2S. The number of hydrogen-bond acceptors (Lipinski definition) is 6. The standard InChI is InChI=1S/C13H16N4O2S/c1-19-13-9(3-2-6-15-13)7-16-12(18)10-8-20-11(17-10)4-5-14/h2-3,6,8H,4-5,7,14H2,1H3,(H,16,18). The van der Waals surface area contributed by atoms with Gasteiger partial charge in [0.2, 0.25) is 5.88 Å². The van der Waals surface area contributed by atoms with Crippen LogP contribution in [0.15, 0.2) is 23.7 Å². The predicted octanol–water partition coefficient (Wildman–Crippen LogP) is 0.978. The van der Waals surface area contributed by atoms with Gasteiger partial charge in [-0.3, -0.25) is 4.79 Å². The highest BCUT2D eigenvalue weighted by molar-refractivity contribution is 7.09. The van der Waals surface area contributed by atoms with E-state index in [1.165, 1.54) is 11.3 Å². The molecule has 0 saturated carbocycles. The Balaban J connectivity index is 1.97. The van der Waals surface area contributed by atoms with Crippen LogP contribution in [0, 0.1) is 0 Å². The number of aromatic nitrogens is 2. The number of nitrogens with one attached hydrogen (secondary N) is 1. The number of nitrogens with two attached hydrogens (primary N) is 1. The Hall–Kier alpha value is -1.99. The van der Waals surface area contributed by atoms with Crippen molar-refractivity contribution in [1.82, 2.24) is 15.3 Å². The Bertz CT molecular complexity index is 585. The molecule has 0 saturated heterocycles. The zero-order valence-electron chi connectivity index (χ0n) is 11.1. The molecule has 0 spiro atoms. The maximum atomic E-state index is 12.0. The number of thiazole rings is 1. The van der Waals surface area contributed by atoms with E-state index < -0.39 is 0 Å². The third kappa shape index (κ3) is 3.52. The number of methoxy groups -OCH3 is 1. The average Bonchev–Trinajstić information content (AvgIpc) is 2.94. The summed E-state index contributed by atoms with van der Waals surface area (Å²) in [5, 5.41) is 5.41.